The van der Waals surface area contributed by atoms with E-state index in [1.54, 1.807) is 6.20 Å². The van der Waals surface area contributed by atoms with Gasteiger partial charge in [0.25, 0.3) is 0 Å². The fourth-order valence-electron chi connectivity index (χ4n) is 1.85. The monoisotopic (exact) mass is 230 g/mol. The van der Waals surface area contributed by atoms with Crippen LogP contribution in [0.25, 0.3) is 11.1 Å². The number of aryl methyl sites for hydroxylation is 1. The van der Waals surface area contributed by atoms with Crippen molar-refractivity contribution in [3.05, 3.63) is 53.6 Å². The van der Waals surface area contributed by atoms with Gasteiger partial charge in [-0.05, 0) is 42.8 Å². The second-order valence-corrected chi connectivity index (χ2v) is 4.07. The lowest BCUT2D eigenvalue weighted by Gasteiger charge is -2.09. The summed E-state index contributed by atoms with van der Waals surface area (Å²) in [5.74, 6) is -0.305. The molecule has 0 aliphatic heterocycles. The van der Waals surface area contributed by atoms with Crippen molar-refractivity contribution in [2.75, 3.05) is 7.05 Å². The summed E-state index contributed by atoms with van der Waals surface area (Å²) >= 11 is 0. The number of hydrogen-bond donors (Lipinski definition) is 1. The summed E-state index contributed by atoms with van der Waals surface area (Å²) in [7, 11) is 1.91. The molecule has 2 aromatic rings. The second-order valence-electron chi connectivity index (χ2n) is 4.07. The van der Waals surface area contributed by atoms with Crippen molar-refractivity contribution in [2.45, 2.75) is 13.5 Å². The molecule has 0 aliphatic carbocycles. The number of aromatic nitrogens is 1. The lowest BCUT2D eigenvalue weighted by Crippen LogP contribution is -2.05. The van der Waals surface area contributed by atoms with Gasteiger partial charge in [-0.3, -0.25) is 4.98 Å². The smallest absolute Gasteiger partial charge is 0.142 e. The van der Waals surface area contributed by atoms with E-state index in [9.17, 15) is 4.39 Å². The molecule has 0 bridgehead atoms. The Balaban J connectivity index is 2.46. The van der Waals surface area contributed by atoms with Crippen molar-refractivity contribution >= 4 is 0 Å². The summed E-state index contributed by atoms with van der Waals surface area (Å²) in [5.41, 5.74) is 4.15. The Bertz CT molecular complexity index is 523. The highest BCUT2D eigenvalue weighted by atomic mass is 19.1. The lowest BCUT2D eigenvalue weighted by molar-refractivity contribution is 0.622. The summed E-state index contributed by atoms with van der Waals surface area (Å²) in [4.78, 5) is 3.89. The molecule has 0 amide bonds. The molecule has 1 heterocycles. The fourth-order valence-corrected chi connectivity index (χ4v) is 1.85. The minimum Gasteiger partial charge on any atom is -0.316 e. The van der Waals surface area contributed by atoms with Gasteiger partial charge in [0.05, 0.1) is 6.20 Å². The van der Waals surface area contributed by atoms with E-state index in [2.05, 4.69) is 22.4 Å². The van der Waals surface area contributed by atoms with Crippen molar-refractivity contribution in [1.29, 1.82) is 0 Å². The molecule has 0 saturated carbocycles. The number of halogens is 1. The third-order valence-corrected chi connectivity index (χ3v) is 2.70. The van der Waals surface area contributed by atoms with Crippen LogP contribution in [-0.2, 0) is 6.54 Å². The maximum atomic E-state index is 13.2. The van der Waals surface area contributed by atoms with Crippen LogP contribution in [-0.4, -0.2) is 12.0 Å². The van der Waals surface area contributed by atoms with E-state index in [0.717, 1.165) is 23.2 Å². The van der Waals surface area contributed by atoms with Crippen LogP contribution < -0.4 is 5.32 Å². The van der Waals surface area contributed by atoms with Crippen molar-refractivity contribution < 1.29 is 4.39 Å². The zero-order chi connectivity index (χ0) is 12.3. The van der Waals surface area contributed by atoms with E-state index in [4.69, 9.17) is 0 Å². The first kappa shape index (κ1) is 11.7. The zero-order valence-electron chi connectivity index (χ0n) is 10.00. The van der Waals surface area contributed by atoms with Gasteiger partial charge in [0.15, 0.2) is 0 Å². The van der Waals surface area contributed by atoms with Crippen molar-refractivity contribution in [1.82, 2.24) is 10.3 Å². The molecule has 2 nitrogen and oxygen atoms in total. The van der Waals surface area contributed by atoms with Gasteiger partial charge < -0.3 is 5.32 Å². The first-order chi connectivity index (χ1) is 8.20. The third-order valence-electron chi connectivity index (χ3n) is 2.70. The number of nitrogens with one attached hydrogen (secondary N) is 1. The summed E-state index contributed by atoms with van der Waals surface area (Å²) in [6.45, 7) is 2.82. The normalized spacial score (nSPS) is 10.5. The molecule has 1 aromatic carbocycles. The first-order valence-electron chi connectivity index (χ1n) is 5.56. The fraction of sp³-hybridized carbons (Fsp3) is 0.214. The van der Waals surface area contributed by atoms with Gasteiger partial charge in [-0.25, -0.2) is 4.39 Å². The molecular formula is C14H15FN2. The van der Waals surface area contributed by atoms with Crippen LogP contribution in [0.15, 0.2) is 36.7 Å². The van der Waals surface area contributed by atoms with Crippen molar-refractivity contribution in [3.63, 3.8) is 0 Å². The van der Waals surface area contributed by atoms with Crippen LogP contribution in [0.2, 0.25) is 0 Å². The van der Waals surface area contributed by atoms with Crippen molar-refractivity contribution in [3.8, 4) is 11.1 Å². The molecule has 0 unspecified atom stereocenters. The van der Waals surface area contributed by atoms with Gasteiger partial charge in [0.2, 0.25) is 0 Å². The van der Waals surface area contributed by atoms with E-state index in [-0.39, 0.29) is 5.82 Å². The number of hydrogen-bond acceptors (Lipinski definition) is 2. The summed E-state index contributed by atoms with van der Waals surface area (Å²) in [6, 6.07) is 7.70. The van der Waals surface area contributed by atoms with Crippen LogP contribution in [0.4, 0.5) is 4.39 Å². The minimum atomic E-state index is -0.305. The molecule has 0 spiro atoms. The molecule has 0 radical (unpaired) electrons. The number of rotatable bonds is 3. The van der Waals surface area contributed by atoms with Gasteiger partial charge in [-0.15, -0.1) is 0 Å². The highest BCUT2D eigenvalue weighted by molar-refractivity contribution is 5.67. The topological polar surface area (TPSA) is 24.9 Å². The van der Waals surface area contributed by atoms with Crippen LogP contribution in [0.3, 0.4) is 0 Å². The Morgan fingerprint density at radius 1 is 1.24 bits per heavy atom. The molecule has 88 valence electrons. The molecule has 0 atom stereocenters. The Labute approximate surface area is 101 Å². The molecule has 3 heteroatoms. The van der Waals surface area contributed by atoms with E-state index in [0.29, 0.717) is 0 Å². The molecule has 17 heavy (non-hydrogen) atoms. The van der Waals surface area contributed by atoms with Gasteiger partial charge in [-0.1, -0.05) is 12.1 Å². The van der Waals surface area contributed by atoms with Gasteiger partial charge in [-0.2, -0.15) is 0 Å². The quantitative estimate of drug-likeness (QED) is 0.877. The first-order valence-corrected chi connectivity index (χ1v) is 5.56. The van der Waals surface area contributed by atoms with Gasteiger partial charge in [0, 0.05) is 18.3 Å². The minimum absolute atomic E-state index is 0.305. The average Bonchev–Trinajstić information content (AvgIpc) is 2.32. The van der Waals surface area contributed by atoms with Crippen LogP contribution in [0.5, 0.6) is 0 Å². The molecular weight excluding hydrogens is 215 g/mol. The van der Waals surface area contributed by atoms with E-state index in [1.807, 2.05) is 20.0 Å². The highest BCUT2D eigenvalue weighted by Gasteiger charge is 2.04. The van der Waals surface area contributed by atoms with Crippen molar-refractivity contribution in [2.24, 2.45) is 0 Å². The summed E-state index contributed by atoms with van der Waals surface area (Å²) < 4.78 is 13.2. The number of nitrogens with zero attached hydrogens (tertiary/aromatic N) is 1. The van der Waals surface area contributed by atoms with Gasteiger partial charge >= 0.3 is 0 Å². The molecule has 0 saturated heterocycles. The van der Waals surface area contributed by atoms with E-state index in [1.165, 1.54) is 17.8 Å². The Hall–Kier alpha value is -1.74. The number of pyridine rings is 1. The molecule has 0 fully saturated rings. The number of benzene rings is 1. The van der Waals surface area contributed by atoms with Crippen LogP contribution >= 0.6 is 0 Å². The molecule has 1 aromatic heterocycles. The van der Waals surface area contributed by atoms with Gasteiger partial charge in [0.1, 0.15) is 5.82 Å². The summed E-state index contributed by atoms with van der Waals surface area (Å²) in [5, 5.41) is 3.10. The highest BCUT2D eigenvalue weighted by Crippen LogP contribution is 2.24. The second kappa shape index (κ2) is 5.06. The summed E-state index contributed by atoms with van der Waals surface area (Å²) in [6.07, 6.45) is 2.91. The Morgan fingerprint density at radius 2 is 2.06 bits per heavy atom. The molecule has 2 rings (SSSR count). The maximum Gasteiger partial charge on any atom is 0.142 e. The Kier molecular flexibility index (Phi) is 3.49. The Morgan fingerprint density at radius 3 is 2.76 bits per heavy atom. The van der Waals surface area contributed by atoms with Crippen LogP contribution in [0, 0.1) is 12.7 Å². The standard InChI is InChI=1S/C14H15FN2/c1-10-3-4-11(7-16-2)5-14(10)12-6-13(15)9-17-8-12/h3-6,8-9,16H,7H2,1-2H3. The lowest BCUT2D eigenvalue weighted by atomic mass is 9.99. The maximum absolute atomic E-state index is 13.2. The average molecular weight is 230 g/mol. The third kappa shape index (κ3) is 2.68. The zero-order valence-corrected chi connectivity index (χ0v) is 10.00. The van der Waals surface area contributed by atoms with E-state index < -0.39 is 0 Å². The molecule has 0 aliphatic rings. The SMILES string of the molecule is CNCc1ccc(C)c(-c2cncc(F)c2)c1. The van der Waals surface area contributed by atoms with E-state index >= 15 is 0 Å². The van der Waals surface area contributed by atoms with Crippen LogP contribution in [0.1, 0.15) is 11.1 Å². The largest absolute Gasteiger partial charge is 0.316 e. The molecule has 1 N–H and O–H groups in total. The predicted octanol–water partition coefficient (Wildman–Crippen LogP) is 2.92. The predicted molar refractivity (Wildman–Crippen MR) is 67.1 cm³/mol.